The molecule has 0 aliphatic carbocycles. The average molecular weight is 346 g/mol. The Morgan fingerprint density at radius 3 is 3.05 bits per heavy atom. The number of ether oxygens (including phenoxy) is 1. The number of aromatic nitrogens is 5. The van der Waals surface area contributed by atoms with E-state index in [0.29, 0.717) is 27.2 Å². The van der Waals surface area contributed by atoms with E-state index in [1.807, 2.05) is 6.92 Å². The quantitative estimate of drug-likeness (QED) is 0.830. The highest BCUT2D eigenvalue weighted by atomic mass is 79.9. The van der Waals surface area contributed by atoms with E-state index in [9.17, 15) is 4.79 Å². The Kier molecular flexibility index (Phi) is 4.59. The van der Waals surface area contributed by atoms with Gasteiger partial charge in [0.05, 0.1) is 11.6 Å². The third kappa shape index (κ3) is 3.16. The van der Waals surface area contributed by atoms with Crippen LogP contribution >= 0.6 is 27.7 Å². The molecule has 0 spiro atoms. The Labute approximate surface area is 121 Å². The van der Waals surface area contributed by atoms with Crippen LogP contribution in [0.25, 0.3) is 0 Å². The van der Waals surface area contributed by atoms with Gasteiger partial charge in [-0.2, -0.15) is 4.98 Å². The van der Waals surface area contributed by atoms with Crippen molar-refractivity contribution in [3.8, 4) is 5.88 Å². The molecule has 0 radical (unpaired) electrons. The zero-order valence-corrected chi connectivity index (χ0v) is 12.8. The molecule has 9 heteroatoms. The van der Waals surface area contributed by atoms with Gasteiger partial charge in [-0.15, -0.1) is 5.10 Å². The van der Waals surface area contributed by atoms with Crippen LogP contribution in [0.2, 0.25) is 0 Å². The maximum atomic E-state index is 11.6. The Bertz CT molecular complexity index is 627. The molecule has 0 amide bonds. The second kappa shape index (κ2) is 6.20. The number of hydrogen-bond donors (Lipinski definition) is 1. The van der Waals surface area contributed by atoms with Crippen molar-refractivity contribution in [2.24, 2.45) is 0 Å². The number of aromatic amines is 1. The molecule has 2 aromatic rings. The summed E-state index contributed by atoms with van der Waals surface area (Å²) >= 11 is 4.49. The van der Waals surface area contributed by atoms with Gasteiger partial charge in [-0.05, 0) is 34.1 Å². The Hall–Kier alpha value is -1.35. The second-order valence-electron chi connectivity index (χ2n) is 3.57. The molecule has 2 aromatic heterocycles. The van der Waals surface area contributed by atoms with Crippen molar-refractivity contribution in [2.45, 2.75) is 30.2 Å². The monoisotopic (exact) mass is 345 g/mol. The lowest BCUT2D eigenvalue weighted by Gasteiger charge is -2.05. The van der Waals surface area contributed by atoms with Gasteiger partial charge in [0.2, 0.25) is 5.88 Å². The van der Waals surface area contributed by atoms with Crippen LogP contribution in [0.3, 0.4) is 0 Å². The van der Waals surface area contributed by atoms with Crippen LogP contribution in [0, 0.1) is 0 Å². The van der Waals surface area contributed by atoms with Crippen molar-refractivity contribution in [1.82, 2.24) is 24.7 Å². The van der Waals surface area contributed by atoms with E-state index in [2.05, 4.69) is 36.1 Å². The fourth-order valence-corrected chi connectivity index (χ4v) is 2.54. The molecule has 0 atom stereocenters. The number of halogens is 1. The smallest absolute Gasteiger partial charge is 0.343 e. The molecule has 0 fully saturated rings. The first-order valence-electron chi connectivity index (χ1n) is 5.55. The van der Waals surface area contributed by atoms with Crippen LogP contribution in [0.15, 0.2) is 25.8 Å². The minimum absolute atomic E-state index is 0.228. The lowest BCUT2D eigenvalue weighted by molar-refractivity contribution is 0.389. The van der Waals surface area contributed by atoms with E-state index < -0.39 is 0 Å². The summed E-state index contributed by atoms with van der Waals surface area (Å²) in [6, 6.07) is 0. The van der Waals surface area contributed by atoms with Crippen LogP contribution in [-0.2, 0) is 6.54 Å². The summed E-state index contributed by atoms with van der Waals surface area (Å²) in [6.45, 7) is 2.60. The van der Waals surface area contributed by atoms with E-state index in [4.69, 9.17) is 4.74 Å². The predicted molar refractivity (Wildman–Crippen MR) is 73.5 cm³/mol. The van der Waals surface area contributed by atoms with E-state index >= 15 is 0 Å². The predicted octanol–water partition coefficient (Wildman–Crippen LogP) is 1.69. The first-order chi connectivity index (χ1) is 9.15. The molecular formula is C10H12BrN5O2S. The van der Waals surface area contributed by atoms with Gasteiger partial charge in [0.1, 0.15) is 0 Å². The first-order valence-corrected chi connectivity index (χ1v) is 7.16. The summed E-state index contributed by atoms with van der Waals surface area (Å²) in [4.78, 5) is 19.9. The van der Waals surface area contributed by atoms with Crippen LogP contribution in [0.1, 0.15) is 13.3 Å². The molecule has 0 aliphatic rings. The fourth-order valence-electron chi connectivity index (χ4n) is 1.41. The van der Waals surface area contributed by atoms with E-state index in [0.717, 1.165) is 6.42 Å². The average Bonchev–Trinajstić information content (AvgIpc) is 2.74. The minimum atomic E-state index is -0.228. The summed E-state index contributed by atoms with van der Waals surface area (Å²) in [5, 5.41) is 7.39. The molecule has 1 N–H and O–H groups in total. The zero-order valence-electron chi connectivity index (χ0n) is 10.4. The van der Waals surface area contributed by atoms with Crippen molar-refractivity contribution in [3.05, 3.63) is 21.2 Å². The fraction of sp³-hybridized carbons (Fsp3) is 0.400. The molecule has 2 rings (SSSR count). The van der Waals surface area contributed by atoms with E-state index in [1.165, 1.54) is 18.9 Å². The van der Waals surface area contributed by atoms with Gasteiger partial charge < -0.3 is 4.74 Å². The first kappa shape index (κ1) is 14.1. The summed E-state index contributed by atoms with van der Waals surface area (Å²) in [5.74, 6) is 0.442. The third-order valence-corrected chi connectivity index (χ3v) is 3.65. The van der Waals surface area contributed by atoms with Gasteiger partial charge in [0.25, 0.3) is 0 Å². The highest BCUT2D eigenvalue weighted by molar-refractivity contribution is 9.10. The van der Waals surface area contributed by atoms with E-state index in [1.54, 1.807) is 10.8 Å². The van der Waals surface area contributed by atoms with Gasteiger partial charge in [-0.25, -0.2) is 14.9 Å². The molecule has 0 bridgehead atoms. The SMILES string of the molecule is CCCn1c(Sc2ncc(Br)c(OC)n2)n[nH]c1=O. The van der Waals surface area contributed by atoms with E-state index in [-0.39, 0.29) is 5.69 Å². The van der Waals surface area contributed by atoms with Crippen LogP contribution in [0.5, 0.6) is 5.88 Å². The normalized spacial score (nSPS) is 10.7. The summed E-state index contributed by atoms with van der Waals surface area (Å²) < 4.78 is 7.33. The number of methoxy groups -OCH3 is 1. The standard InChI is InChI=1S/C10H12BrN5O2S/c1-3-4-16-9(17)14-15-10(16)19-8-12-5-6(11)7(13-8)18-2/h5H,3-4H2,1-2H3,(H,14,17). The zero-order chi connectivity index (χ0) is 13.8. The highest BCUT2D eigenvalue weighted by Crippen LogP contribution is 2.27. The van der Waals surface area contributed by atoms with Crippen molar-refractivity contribution in [2.75, 3.05) is 7.11 Å². The van der Waals surface area contributed by atoms with Crippen LogP contribution in [0.4, 0.5) is 0 Å². The lowest BCUT2D eigenvalue weighted by atomic mass is 10.5. The van der Waals surface area contributed by atoms with Crippen LogP contribution in [-0.4, -0.2) is 31.8 Å². The number of hydrogen-bond acceptors (Lipinski definition) is 6. The van der Waals surface area contributed by atoms with Crippen molar-refractivity contribution < 1.29 is 4.74 Å². The summed E-state index contributed by atoms with van der Waals surface area (Å²) in [7, 11) is 1.53. The van der Waals surface area contributed by atoms with Crippen molar-refractivity contribution in [3.63, 3.8) is 0 Å². The topological polar surface area (TPSA) is 85.7 Å². The maximum absolute atomic E-state index is 11.6. The van der Waals surface area contributed by atoms with Gasteiger partial charge in [0.15, 0.2) is 10.3 Å². The van der Waals surface area contributed by atoms with Crippen LogP contribution < -0.4 is 10.4 Å². The number of nitrogens with zero attached hydrogens (tertiary/aromatic N) is 4. The van der Waals surface area contributed by atoms with Gasteiger partial charge in [-0.3, -0.25) is 4.57 Å². The van der Waals surface area contributed by atoms with Gasteiger partial charge >= 0.3 is 5.69 Å². The van der Waals surface area contributed by atoms with Crippen molar-refractivity contribution in [1.29, 1.82) is 0 Å². The number of rotatable bonds is 5. The molecule has 0 unspecified atom stereocenters. The Balaban J connectivity index is 2.28. The third-order valence-electron chi connectivity index (χ3n) is 2.24. The Morgan fingerprint density at radius 1 is 1.58 bits per heavy atom. The maximum Gasteiger partial charge on any atom is 0.343 e. The second-order valence-corrected chi connectivity index (χ2v) is 5.36. The molecular weight excluding hydrogens is 334 g/mol. The molecule has 7 nitrogen and oxygen atoms in total. The largest absolute Gasteiger partial charge is 0.480 e. The minimum Gasteiger partial charge on any atom is -0.480 e. The molecule has 0 saturated carbocycles. The molecule has 0 aromatic carbocycles. The van der Waals surface area contributed by atoms with Gasteiger partial charge in [0, 0.05) is 12.7 Å². The van der Waals surface area contributed by atoms with Crippen molar-refractivity contribution >= 4 is 27.7 Å². The summed E-state index contributed by atoms with van der Waals surface area (Å²) in [6.07, 6.45) is 2.45. The van der Waals surface area contributed by atoms with Gasteiger partial charge in [-0.1, -0.05) is 6.92 Å². The molecule has 19 heavy (non-hydrogen) atoms. The highest BCUT2D eigenvalue weighted by Gasteiger charge is 2.12. The number of nitrogens with one attached hydrogen (secondary N) is 1. The molecule has 102 valence electrons. The molecule has 0 saturated heterocycles. The number of H-pyrrole nitrogens is 1. The Morgan fingerprint density at radius 2 is 2.37 bits per heavy atom. The molecule has 0 aliphatic heterocycles. The lowest BCUT2D eigenvalue weighted by Crippen LogP contribution is -2.17. The summed E-state index contributed by atoms with van der Waals surface area (Å²) in [5.41, 5.74) is -0.228. The molecule has 2 heterocycles.